The number of hydrogen-bond donors (Lipinski definition) is 1. The fourth-order valence-corrected chi connectivity index (χ4v) is 3.13. The van der Waals surface area contributed by atoms with E-state index in [9.17, 15) is 0 Å². The second-order valence-corrected chi connectivity index (χ2v) is 5.64. The van der Waals surface area contributed by atoms with E-state index >= 15 is 0 Å². The number of rotatable bonds is 5. The Morgan fingerprint density at radius 3 is 2.90 bits per heavy atom. The normalized spacial score (nSPS) is 18.3. The fraction of sp³-hybridized carbons (Fsp3) is 0.444. The molecule has 0 fully saturated rings. The average molecular weight is 285 g/mol. The van der Waals surface area contributed by atoms with E-state index in [1.54, 1.807) is 6.26 Å². The summed E-state index contributed by atoms with van der Waals surface area (Å²) in [6, 6.07) is 8.81. The number of fused-ring (bicyclic) bond motifs is 1. The van der Waals surface area contributed by atoms with Gasteiger partial charge in [0.1, 0.15) is 17.6 Å². The van der Waals surface area contributed by atoms with Gasteiger partial charge < -0.3 is 14.5 Å². The molecule has 0 saturated heterocycles. The molecule has 3 rings (SSSR count). The van der Waals surface area contributed by atoms with E-state index < -0.39 is 0 Å². The molecule has 0 bridgehead atoms. The Bertz CT molecular complexity index is 617. The Labute approximate surface area is 126 Å². The summed E-state index contributed by atoms with van der Waals surface area (Å²) in [5, 5.41) is 3.58. The SMILES string of the molecule is CCNC(c1ccc2c(c1)CC(C)O2)c1ccoc1CC. The largest absolute Gasteiger partial charge is 0.490 e. The standard InChI is InChI=1S/C18H23NO2/c1-4-16-15(8-9-20-16)18(19-5-2)13-6-7-17-14(11-13)10-12(3)21-17/h6-9,11-12,18-19H,4-5,10H2,1-3H3. The maximum absolute atomic E-state index is 5.80. The molecule has 3 nitrogen and oxygen atoms in total. The first-order valence-electron chi connectivity index (χ1n) is 7.82. The minimum atomic E-state index is 0.185. The number of benzene rings is 1. The summed E-state index contributed by atoms with van der Waals surface area (Å²) in [7, 11) is 0. The monoisotopic (exact) mass is 285 g/mol. The molecule has 21 heavy (non-hydrogen) atoms. The summed E-state index contributed by atoms with van der Waals surface area (Å²) in [6.45, 7) is 7.30. The maximum atomic E-state index is 5.80. The van der Waals surface area contributed by atoms with Crippen LogP contribution in [0.5, 0.6) is 5.75 Å². The van der Waals surface area contributed by atoms with Crippen LogP contribution in [0.2, 0.25) is 0 Å². The van der Waals surface area contributed by atoms with Gasteiger partial charge in [-0.25, -0.2) is 0 Å². The molecule has 1 N–H and O–H groups in total. The third-order valence-corrected chi connectivity index (χ3v) is 4.07. The molecule has 0 aliphatic carbocycles. The van der Waals surface area contributed by atoms with Crippen LogP contribution in [-0.4, -0.2) is 12.6 Å². The smallest absolute Gasteiger partial charge is 0.123 e. The average Bonchev–Trinajstić information content (AvgIpc) is 3.08. The van der Waals surface area contributed by atoms with Gasteiger partial charge in [-0.05, 0) is 36.7 Å². The lowest BCUT2D eigenvalue weighted by Crippen LogP contribution is -2.22. The topological polar surface area (TPSA) is 34.4 Å². The summed E-state index contributed by atoms with van der Waals surface area (Å²) >= 11 is 0. The molecular formula is C18H23NO2. The zero-order chi connectivity index (χ0) is 14.8. The molecule has 0 radical (unpaired) electrons. The Morgan fingerprint density at radius 2 is 2.14 bits per heavy atom. The van der Waals surface area contributed by atoms with Crippen LogP contribution in [0.25, 0.3) is 0 Å². The molecule has 1 aliphatic rings. The quantitative estimate of drug-likeness (QED) is 0.905. The van der Waals surface area contributed by atoms with Gasteiger partial charge in [0.2, 0.25) is 0 Å². The highest BCUT2D eigenvalue weighted by Gasteiger charge is 2.23. The van der Waals surface area contributed by atoms with Crippen molar-refractivity contribution in [2.45, 2.75) is 45.8 Å². The summed E-state index contributed by atoms with van der Waals surface area (Å²) in [5.74, 6) is 2.09. The van der Waals surface area contributed by atoms with Gasteiger partial charge in [-0.15, -0.1) is 0 Å². The van der Waals surface area contributed by atoms with Gasteiger partial charge in [0.15, 0.2) is 0 Å². The summed E-state index contributed by atoms with van der Waals surface area (Å²) in [5.41, 5.74) is 3.83. The summed E-state index contributed by atoms with van der Waals surface area (Å²) in [4.78, 5) is 0. The lowest BCUT2D eigenvalue weighted by Gasteiger charge is -2.19. The maximum Gasteiger partial charge on any atom is 0.123 e. The number of furan rings is 1. The van der Waals surface area contributed by atoms with E-state index in [4.69, 9.17) is 9.15 Å². The van der Waals surface area contributed by atoms with Crippen molar-refractivity contribution in [3.63, 3.8) is 0 Å². The Hall–Kier alpha value is -1.74. The van der Waals surface area contributed by atoms with Crippen LogP contribution in [0.4, 0.5) is 0 Å². The highest BCUT2D eigenvalue weighted by molar-refractivity contribution is 5.44. The molecule has 1 aromatic heterocycles. The van der Waals surface area contributed by atoms with Gasteiger partial charge in [-0.2, -0.15) is 0 Å². The molecule has 112 valence electrons. The third kappa shape index (κ3) is 2.70. The van der Waals surface area contributed by atoms with E-state index in [0.717, 1.165) is 30.9 Å². The van der Waals surface area contributed by atoms with Crippen molar-refractivity contribution in [2.24, 2.45) is 0 Å². The zero-order valence-corrected chi connectivity index (χ0v) is 13.0. The van der Waals surface area contributed by atoms with Gasteiger partial charge >= 0.3 is 0 Å². The van der Waals surface area contributed by atoms with E-state index in [0.29, 0.717) is 0 Å². The summed E-state index contributed by atoms with van der Waals surface area (Å²) in [6.07, 6.45) is 3.98. The van der Waals surface area contributed by atoms with Gasteiger partial charge in [-0.1, -0.05) is 26.0 Å². The molecule has 0 amide bonds. The second-order valence-electron chi connectivity index (χ2n) is 5.64. The Balaban J connectivity index is 1.97. The van der Waals surface area contributed by atoms with E-state index in [-0.39, 0.29) is 12.1 Å². The van der Waals surface area contributed by atoms with Crippen LogP contribution in [-0.2, 0) is 12.8 Å². The first kappa shape index (κ1) is 14.2. The highest BCUT2D eigenvalue weighted by Crippen LogP contribution is 2.34. The van der Waals surface area contributed by atoms with Gasteiger partial charge in [0.25, 0.3) is 0 Å². The molecule has 2 heterocycles. The zero-order valence-electron chi connectivity index (χ0n) is 13.0. The molecular weight excluding hydrogens is 262 g/mol. The van der Waals surface area contributed by atoms with Crippen molar-refractivity contribution >= 4 is 0 Å². The lowest BCUT2D eigenvalue weighted by molar-refractivity contribution is 0.254. The van der Waals surface area contributed by atoms with Gasteiger partial charge in [0.05, 0.1) is 12.3 Å². The van der Waals surface area contributed by atoms with E-state index in [2.05, 4.69) is 50.4 Å². The first-order chi connectivity index (χ1) is 10.2. The predicted octanol–water partition coefficient (Wildman–Crippen LogP) is 3.86. The predicted molar refractivity (Wildman–Crippen MR) is 83.8 cm³/mol. The lowest BCUT2D eigenvalue weighted by atomic mass is 9.95. The van der Waals surface area contributed by atoms with Crippen molar-refractivity contribution in [3.8, 4) is 5.75 Å². The van der Waals surface area contributed by atoms with Crippen LogP contribution in [0.1, 0.15) is 49.3 Å². The van der Waals surface area contributed by atoms with Gasteiger partial charge in [0, 0.05) is 18.4 Å². The van der Waals surface area contributed by atoms with Crippen LogP contribution < -0.4 is 10.1 Å². The Morgan fingerprint density at radius 1 is 1.29 bits per heavy atom. The van der Waals surface area contributed by atoms with Crippen LogP contribution in [0, 0.1) is 0 Å². The van der Waals surface area contributed by atoms with Crippen molar-refractivity contribution in [1.29, 1.82) is 0 Å². The van der Waals surface area contributed by atoms with Crippen molar-refractivity contribution in [2.75, 3.05) is 6.54 Å². The van der Waals surface area contributed by atoms with Crippen molar-refractivity contribution in [1.82, 2.24) is 5.32 Å². The van der Waals surface area contributed by atoms with Gasteiger partial charge in [-0.3, -0.25) is 0 Å². The molecule has 2 aromatic rings. The molecule has 0 saturated carbocycles. The number of nitrogens with one attached hydrogen (secondary N) is 1. The molecule has 1 aromatic carbocycles. The van der Waals surface area contributed by atoms with E-state index in [1.807, 2.05) is 0 Å². The Kier molecular flexibility index (Phi) is 4.02. The van der Waals surface area contributed by atoms with Crippen LogP contribution in [0.3, 0.4) is 0 Å². The number of hydrogen-bond acceptors (Lipinski definition) is 3. The minimum Gasteiger partial charge on any atom is -0.490 e. The fourth-order valence-electron chi connectivity index (χ4n) is 3.13. The van der Waals surface area contributed by atoms with Crippen LogP contribution in [0.15, 0.2) is 34.9 Å². The first-order valence-corrected chi connectivity index (χ1v) is 7.82. The molecule has 3 heteroatoms. The molecule has 2 unspecified atom stereocenters. The number of ether oxygens (including phenoxy) is 1. The minimum absolute atomic E-state index is 0.185. The van der Waals surface area contributed by atoms with Crippen LogP contribution >= 0.6 is 0 Å². The number of aryl methyl sites for hydroxylation is 1. The van der Waals surface area contributed by atoms with Crippen molar-refractivity contribution in [3.05, 3.63) is 53.0 Å². The third-order valence-electron chi connectivity index (χ3n) is 4.07. The summed E-state index contributed by atoms with van der Waals surface area (Å²) < 4.78 is 11.4. The molecule has 1 aliphatic heterocycles. The van der Waals surface area contributed by atoms with E-state index in [1.165, 1.54) is 16.7 Å². The van der Waals surface area contributed by atoms with Crippen molar-refractivity contribution < 1.29 is 9.15 Å². The molecule has 0 spiro atoms. The second kappa shape index (κ2) is 5.94. The molecule has 2 atom stereocenters. The highest BCUT2D eigenvalue weighted by atomic mass is 16.5.